The Hall–Kier alpha value is -2.24. The minimum absolute atomic E-state index is 0. The second kappa shape index (κ2) is 10.9. The number of nitrogens with zero attached hydrogens (tertiary/aromatic N) is 5. The van der Waals surface area contributed by atoms with Crippen molar-refractivity contribution in [2.45, 2.75) is 25.7 Å². The molecule has 1 aliphatic rings. The largest absolute Gasteiger partial charge is 0.370 e. The summed E-state index contributed by atoms with van der Waals surface area (Å²) in [5.41, 5.74) is 6.00. The van der Waals surface area contributed by atoms with Crippen LogP contribution in [0.2, 0.25) is 0 Å². The lowest BCUT2D eigenvalue weighted by Gasteiger charge is -2.34. The number of guanidine groups is 1. The summed E-state index contributed by atoms with van der Waals surface area (Å²) in [6.07, 6.45) is 4.77. The molecule has 1 aliphatic heterocycles. The molecule has 0 bridgehead atoms. The standard InChI is InChI=1S/C18H25N7O2.HI/c1-20-18(25-10-4-5-13(12-25)11-15(19)26)22-9-7-16-23-17(27-24-16)14-6-2-3-8-21-14;/h2-3,6,8,13H,4-5,7,9-12H2,1H3,(H2,19,26)(H,20,22);1H. The Bertz CT molecular complexity index is 781. The number of hydrogen-bond donors (Lipinski definition) is 2. The Morgan fingerprint density at radius 1 is 1.46 bits per heavy atom. The monoisotopic (exact) mass is 499 g/mol. The molecule has 0 radical (unpaired) electrons. The zero-order valence-electron chi connectivity index (χ0n) is 15.9. The molecule has 1 atom stereocenters. The third-order valence-corrected chi connectivity index (χ3v) is 4.50. The van der Waals surface area contributed by atoms with Gasteiger partial charge < -0.3 is 20.5 Å². The summed E-state index contributed by atoms with van der Waals surface area (Å²) in [5, 5.41) is 7.33. The van der Waals surface area contributed by atoms with E-state index in [0.717, 1.165) is 31.9 Å². The number of primary amides is 1. The van der Waals surface area contributed by atoms with E-state index in [1.54, 1.807) is 13.2 Å². The maximum Gasteiger partial charge on any atom is 0.276 e. The number of rotatable bonds is 6. The summed E-state index contributed by atoms with van der Waals surface area (Å²) < 4.78 is 5.27. The summed E-state index contributed by atoms with van der Waals surface area (Å²) in [5.74, 6) is 1.89. The molecule has 1 amide bonds. The van der Waals surface area contributed by atoms with Crippen LogP contribution in [0.15, 0.2) is 33.9 Å². The van der Waals surface area contributed by atoms with Gasteiger partial charge in [0.15, 0.2) is 11.8 Å². The molecular weight excluding hydrogens is 473 g/mol. The fraction of sp³-hybridized carbons (Fsp3) is 0.500. The first-order valence-electron chi connectivity index (χ1n) is 9.13. The quantitative estimate of drug-likeness (QED) is 0.351. The second-order valence-electron chi connectivity index (χ2n) is 6.58. The van der Waals surface area contributed by atoms with E-state index in [9.17, 15) is 4.79 Å². The number of nitrogens with two attached hydrogens (primary N) is 1. The number of carbonyl (C=O) groups is 1. The number of aromatic nitrogens is 3. The van der Waals surface area contributed by atoms with Crippen LogP contribution in [0.1, 0.15) is 25.1 Å². The van der Waals surface area contributed by atoms with Gasteiger partial charge in [0, 0.05) is 45.7 Å². The van der Waals surface area contributed by atoms with Crippen molar-refractivity contribution in [3.8, 4) is 11.6 Å². The molecule has 0 aromatic carbocycles. The van der Waals surface area contributed by atoms with Gasteiger partial charge in [-0.25, -0.2) is 0 Å². The highest BCUT2D eigenvalue weighted by atomic mass is 127. The van der Waals surface area contributed by atoms with Crippen LogP contribution in [-0.4, -0.2) is 58.6 Å². The van der Waals surface area contributed by atoms with Crippen molar-refractivity contribution < 1.29 is 9.32 Å². The summed E-state index contributed by atoms with van der Waals surface area (Å²) >= 11 is 0. The SMILES string of the molecule is CN=C(NCCc1noc(-c2ccccn2)n1)N1CCCC(CC(N)=O)C1.I. The molecular formula is C18H26IN7O2. The van der Waals surface area contributed by atoms with Crippen LogP contribution < -0.4 is 11.1 Å². The number of pyridine rings is 1. The minimum atomic E-state index is -0.245. The molecule has 9 nitrogen and oxygen atoms in total. The molecule has 0 saturated carbocycles. The number of halogens is 1. The van der Waals surface area contributed by atoms with E-state index < -0.39 is 0 Å². The van der Waals surface area contributed by atoms with Crippen molar-refractivity contribution in [2.75, 3.05) is 26.7 Å². The molecule has 10 heteroatoms. The van der Waals surface area contributed by atoms with Gasteiger partial charge >= 0.3 is 0 Å². The maximum absolute atomic E-state index is 11.2. The van der Waals surface area contributed by atoms with Crippen LogP contribution in [0, 0.1) is 5.92 Å². The van der Waals surface area contributed by atoms with Crippen molar-refractivity contribution >= 4 is 35.8 Å². The predicted octanol–water partition coefficient (Wildman–Crippen LogP) is 1.45. The Morgan fingerprint density at radius 3 is 3.04 bits per heavy atom. The minimum Gasteiger partial charge on any atom is -0.370 e. The third-order valence-electron chi connectivity index (χ3n) is 4.50. The zero-order chi connectivity index (χ0) is 19.1. The lowest BCUT2D eigenvalue weighted by molar-refractivity contribution is -0.119. The summed E-state index contributed by atoms with van der Waals surface area (Å²) in [4.78, 5) is 26.3. The molecule has 1 fully saturated rings. The summed E-state index contributed by atoms with van der Waals surface area (Å²) in [6.45, 7) is 2.33. The van der Waals surface area contributed by atoms with Crippen LogP contribution >= 0.6 is 24.0 Å². The number of hydrogen-bond acceptors (Lipinski definition) is 6. The van der Waals surface area contributed by atoms with Crippen LogP contribution in [0.3, 0.4) is 0 Å². The Morgan fingerprint density at radius 2 is 2.32 bits per heavy atom. The topological polar surface area (TPSA) is 123 Å². The fourth-order valence-electron chi connectivity index (χ4n) is 3.28. The maximum atomic E-state index is 11.2. The first-order valence-corrected chi connectivity index (χ1v) is 9.13. The number of piperidine rings is 1. The lowest BCUT2D eigenvalue weighted by Crippen LogP contribution is -2.47. The van der Waals surface area contributed by atoms with Crippen LogP contribution in [-0.2, 0) is 11.2 Å². The van der Waals surface area contributed by atoms with E-state index in [1.807, 2.05) is 18.2 Å². The molecule has 3 heterocycles. The average molecular weight is 499 g/mol. The first-order chi connectivity index (χ1) is 13.2. The highest BCUT2D eigenvalue weighted by Gasteiger charge is 2.23. The van der Waals surface area contributed by atoms with E-state index in [0.29, 0.717) is 36.8 Å². The van der Waals surface area contributed by atoms with Crippen LogP contribution in [0.5, 0.6) is 0 Å². The molecule has 3 N–H and O–H groups in total. The van der Waals surface area contributed by atoms with E-state index >= 15 is 0 Å². The molecule has 0 aliphatic carbocycles. The van der Waals surface area contributed by atoms with Crippen molar-refractivity contribution in [2.24, 2.45) is 16.6 Å². The average Bonchev–Trinajstić information content (AvgIpc) is 3.15. The predicted molar refractivity (Wildman–Crippen MR) is 116 cm³/mol. The summed E-state index contributed by atoms with van der Waals surface area (Å²) in [7, 11) is 1.76. The molecule has 1 unspecified atom stereocenters. The van der Waals surface area contributed by atoms with Crippen LogP contribution in [0.25, 0.3) is 11.6 Å². The molecule has 2 aromatic rings. The number of aliphatic imine (C=N–C) groups is 1. The van der Waals surface area contributed by atoms with E-state index in [4.69, 9.17) is 10.3 Å². The Balaban J connectivity index is 0.00000280. The van der Waals surface area contributed by atoms with Gasteiger partial charge in [-0.2, -0.15) is 4.98 Å². The van der Waals surface area contributed by atoms with E-state index in [-0.39, 0.29) is 35.8 Å². The van der Waals surface area contributed by atoms with Gasteiger partial charge in [0.25, 0.3) is 5.89 Å². The van der Waals surface area contributed by atoms with Gasteiger partial charge in [0.1, 0.15) is 5.69 Å². The Kier molecular flexibility index (Phi) is 8.61. The molecule has 28 heavy (non-hydrogen) atoms. The second-order valence-corrected chi connectivity index (χ2v) is 6.58. The van der Waals surface area contributed by atoms with E-state index in [2.05, 4.69) is 30.3 Å². The van der Waals surface area contributed by atoms with Crippen molar-refractivity contribution in [3.05, 3.63) is 30.2 Å². The lowest BCUT2D eigenvalue weighted by atomic mass is 9.95. The highest BCUT2D eigenvalue weighted by Crippen LogP contribution is 2.19. The van der Waals surface area contributed by atoms with Crippen LogP contribution in [0.4, 0.5) is 0 Å². The molecule has 3 rings (SSSR count). The van der Waals surface area contributed by atoms with E-state index in [1.165, 1.54) is 0 Å². The van der Waals surface area contributed by atoms with Gasteiger partial charge in [0.05, 0.1) is 0 Å². The van der Waals surface area contributed by atoms with Crippen molar-refractivity contribution in [1.29, 1.82) is 0 Å². The molecule has 2 aromatic heterocycles. The number of amides is 1. The number of likely N-dealkylation sites (tertiary alicyclic amines) is 1. The smallest absolute Gasteiger partial charge is 0.276 e. The van der Waals surface area contributed by atoms with Gasteiger partial charge in [-0.1, -0.05) is 11.2 Å². The third kappa shape index (κ3) is 6.14. The fourth-order valence-corrected chi connectivity index (χ4v) is 3.28. The highest BCUT2D eigenvalue weighted by molar-refractivity contribution is 14.0. The number of carbonyl (C=O) groups excluding carboxylic acids is 1. The Labute approximate surface area is 181 Å². The van der Waals surface area contributed by atoms with Crippen molar-refractivity contribution in [3.63, 3.8) is 0 Å². The van der Waals surface area contributed by atoms with Gasteiger partial charge in [-0.05, 0) is 30.9 Å². The molecule has 1 saturated heterocycles. The van der Waals surface area contributed by atoms with Gasteiger partial charge in [-0.15, -0.1) is 24.0 Å². The number of nitrogens with one attached hydrogen (secondary N) is 1. The first kappa shape index (κ1) is 22.1. The normalized spacial score (nSPS) is 17.1. The molecule has 0 spiro atoms. The van der Waals surface area contributed by atoms with Crippen molar-refractivity contribution in [1.82, 2.24) is 25.3 Å². The van der Waals surface area contributed by atoms with Gasteiger partial charge in [0.2, 0.25) is 5.91 Å². The zero-order valence-corrected chi connectivity index (χ0v) is 18.2. The summed E-state index contributed by atoms with van der Waals surface area (Å²) in [6, 6.07) is 5.54. The van der Waals surface area contributed by atoms with Gasteiger partial charge in [-0.3, -0.25) is 14.8 Å². The molecule has 152 valence electrons.